The molecule has 110 valence electrons. The number of thiocarbonyl (C=S) groups is 1. The van der Waals surface area contributed by atoms with Crippen LogP contribution in [0.1, 0.15) is 43.1 Å². The summed E-state index contributed by atoms with van der Waals surface area (Å²) in [5.41, 5.74) is 2.39. The third-order valence-corrected chi connectivity index (χ3v) is 3.20. The Morgan fingerprint density at radius 3 is 2.65 bits per heavy atom. The number of rotatable bonds is 5. The van der Waals surface area contributed by atoms with Gasteiger partial charge < -0.3 is 15.4 Å². The van der Waals surface area contributed by atoms with Crippen LogP contribution in [-0.4, -0.2) is 23.7 Å². The second kappa shape index (κ2) is 7.85. The van der Waals surface area contributed by atoms with Gasteiger partial charge in [0, 0.05) is 11.7 Å². The van der Waals surface area contributed by atoms with Crippen LogP contribution < -0.4 is 10.6 Å². The molecule has 0 aliphatic carbocycles. The highest BCUT2D eigenvalue weighted by molar-refractivity contribution is 7.80. The molecule has 0 saturated carbocycles. The van der Waals surface area contributed by atoms with Crippen LogP contribution in [0.3, 0.4) is 0 Å². The van der Waals surface area contributed by atoms with E-state index in [2.05, 4.69) is 24.5 Å². The van der Waals surface area contributed by atoms with Crippen LogP contribution in [0.5, 0.6) is 0 Å². The van der Waals surface area contributed by atoms with Crippen molar-refractivity contribution in [2.45, 2.75) is 40.2 Å². The average Bonchev–Trinajstić information content (AvgIpc) is 2.41. The SMILES string of the molecule is CCOC(=O)c1ccc(NC(=S)N[C@H](C)CC)c(C)c1. The minimum Gasteiger partial charge on any atom is -0.462 e. The van der Waals surface area contributed by atoms with Crippen molar-refractivity contribution in [1.29, 1.82) is 0 Å². The molecule has 1 aromatic rings. The molecule has 0 unspecified atom stereocenters. The number of hydrogen-bond acceptors (Lipinski definition) is 3. The molecule has 2 N–H and O–H groups in total. The van der Waals surface area contributed by atoms with Crippen LogP contribution in [0.2, 0.25) is 0 Å². The predicted octanol–water partition coefficient (Wildman–Crippen LogP) is 3.26. The molecule has 0 fully saturated rings. The van der Waals surface area contributed by atoms with Gasteiger partial charge in [0.25, 0.3) is 0 Å². The van der Waals surface area contributed by atoms with Crippen molar-refractivity contribution in [3.8, 4) is 0 Å². The first-order chi connectivity index (χ1) is 9.47. The Balaban J connectivity index is 2.73. The predicted molar refractivity (Wildman–Crippen MR) is 86.2 cm³/mol. The summed E-state index contributed by atoms with van der Waals surface area (Å²) >= 11 is 5.25. The Morgan fingerprint density at radius 2 is 2.10 bits per heavy atom. The van der Waals surface area contributed by atoms with E-state index >= 15 is 0 Å². The van der Waals surface area contributed by atoms with E-state index in [1.165, 1.54) is 0 Å². The zero-order chi connectivity index (χ0) is 15.1. The van der Waals surface area contributed by atoms with Gasteiger partial charge in [0.2, 0.25) is 0 Å². The maximum atomic E-state index is 11.6. The van der Waals surface area contributed by atoms with Gasteiger partial charge in [0.15, 0.2) is 5.11 Å². The highest BCUT2D eigenvalue weighted by Gasteiger charge is 2.09. The lowest BCUT2D eigenvalue weighted by Gasteiger charge is -2.16. The molecule has 1 atom stereocenters. The summed E-state index contributed by atoms with van der Waals surface area (Å²) in [5.74, 6) is -0.303. The van der Waals surface area contributed by atoms with E-state index < -0.39 is 0 Å². The Morgan fingerprint density at radius 1 is 1.40 bits per heavy atom. The molecule has 0 bridgehead atoms. The highest BCUT2D eigenvalue weighted by Crippen LogP contribution is 2.17. The van der Waals surface area contributed by atoms with Gasteiger partial charge in [0.1, 0.15) is 0 Å². The first kappa shape index (κ1) is 16.4. The average molecular weight is 294 g/mol. The number of ether oxygens (including phenoxy) is 1. The number of nitrogens with one attached hydrogen (secondary N) is 2. The Kier molecular flexibility index (Phi) is 6.45. The first-order valence-electron chi connectivity index (χ1n) is 6.83. The zero-order valence-electron chi connectivity index (χ0n) is 12.4. The quantitative estimate of drug-likeness (QED) is 0.645. The van der Waals surface area contributed by atoms with E-state index in [0.29, 0.717) is 23.3 Å². The highest BCUT2D eigenvalue weighted by atomic mass is 32.1. The minimum atomic E-state index is -0.303. The molecule has 0 radical (unpaired) electrons. The third kappa shape index (κ3) is 4.81. The Bertz CT molecular complexity index is 489. The van der Waals surface area contributed by atoms with Crippen molar-refractivity contribution in [3.63, 3.8) is 0 Å². The lowest BCUT2D eigenvalue weighted by Crippen LogP contribution is -2.35. The van der Waals surface area contributed by atoms with E-state index in [4.69, 9.17) is 17.0 Å². The molecule has 1 rings (SSSR count). The minimum absolute atomic E-state index is 0.303. The smallest absolute Gasteiger partial charge is 0.338 e. The van der Waals surface area contributed by atoms with Gasteiger partial charge in [-0.3, -0.25) is 0 Å². The van der Waals surface area contributed by atoms with Gasteiger partial charge in [-0.1, -0.05) is 6.92 Å². The van der Waals surface area contributed by atoms with Crippen molar-refractivity contribution in [3.05, 3.63) is 29.3 Å². The standard InChI is InChI=1S/C15H22N2O2S/c1-5-11(4)16-15(20)17-13-8-7-12(9-10(13)3)14(18)19-6-2/h7-9,11H,5-6H2,1-4H3,(H2,16,17,20)/t11-/m1/s1. The monoisotopic (exact) mass is 294 g/mol. The number of carbonyl (C=O) groups is 1. The molecule has 0 aliphatic heterocycles. The van der Waals surface area contributed by atoms with Crippen LogP contribution in [-0.2, 0) is 4.74 Å². The summed E-state index contributed by atoms with van der Waals surface area (Å²) in [6.45, 7) is 8.27. The third-order valence-electron chi connectivity index (χ3n) is 2.98. The van der Waals surface area contributed by atoms with E-state index in [1.807, 2.05) is 13.0 Å². The van der Waals surface area contributed by atoms with Gasteiger partial charge in [-0.25, -0.2) is 4.79 Å². The number of anilines is 1. The molecule has 5 heteroatoms. The lowest BCUT2D eigenvalue weighted by molar-refractivity contribution is 0.0526. The van der Waals surface area contributed by atoms with Gasteiger partial charge in [-0.05, 0) is 63.2 Å². The lowest BCUT2D eigenvalue weighted by atomic mass is 10.1. The van der Waals surface area contributed by atoms with Crippen LogP contribution in [0.15, 0.2) is 18.2 Å². The summed E-state index contributed by atoms with van der Waals surface area (Å²) in [6.07, 6.45) is 1.00. The van der Waals surface area contributed by atoms with Crippen LogP contribution in [0.4, 0.5) is 5.69 Å². The largest absolute Gasteiger partial charge is 0.462 e. The van der Waals surface area contributed by atoms with Crippen molar-refractivity contribution >= 4 is 29.0 Å². The van der Waals surface area contributed by atoms with Gasteiger partial charge in [-0.15, -0.1) is 0 Å². The van der Waals surface area contributed by atoms with Crippen LogP contribution in [0, 0.1) is 6.92 Å². The van der Waals surface area contributed by atoms with Crippen LogP contribution in [0.25, 0.3) is 0 Å². The molecule has 1 aromatic carbocycles. The first-order valence-corrected chi connectivity index (χ1v) is 7.24. The van der Waals surface area contributed by atoms with Gasteiger partial charge >= 0.3 is 5.97 Å². The topological polar surface area (TPSA) is 50.4 Å². The molecular weight excluding hydrogens is 272 g/mol. The number of benzene rings is 1. The van der Waals surface area contributed by atoms with E-state index in [1.54, 1.807) is 19.1 Å². The van der Waals surface area contributed by atoms with Crippen LogP contribution >= 0.6 is 12.2 Å². The van der Waals surface area contributed by atoms with E-state index in [0.717, 1.165) is 17.7 Å². The molecule has 0 aromatic heterocycles. The van der Waals surface area contributed by atoms with E-state index in [-0.39, 0.29) is 5.97 Å². The second-order valence-corrected chi connectivity index (χ2v) is 5.07. The van der Waals surface area contributed by atoms with Gasteiger partial charge in [0.05, 0.1) is 12.2 Å². The van der Waals surface area contributed by atoms with Gasteiger partial charge in [-0.2, -0.15) is 0 Å². The van der Waals surface area contributed by atoms with Crippen molar-refractivity contribution in [1.82, 2.24) is 5.32 Å². The summed E-state index contributed by atoms with van der Waals surface area (Å²) in [4.78, 5) is 11.6. The maximum Gasteiger partial charge on any atom is 0.338 e. The molecular formula is C15H22N2O2S. The molecule has 0 spiro atoms. The summed E-state index contributed by atoms with van der Waals surface area (Å²) in [5, 5.41) is 6.92. The molecule has 0 aliphatic rings. The molecule has 0 heterocycles. The van der Waals surface area contributed by atoms with Crippen molar-refractivity contribution in [2.24, 2.45) is 0 Å². The Hall–Kier alpha value is -1.62. The summed E-state index contributed by atoms with van der Waals surface area (Å²) in [7, 11) is 0. The molecule has 0 saturated heterocycles. The van der Waals surface area contributed by atoms with Crippen molar-refractivity contribution in [2.75, 3.05) is 11.9 Å². The molecule has 20 heavy (non-hydrogen) atoms. The fraction of sp³-hybridized carbons (Fsp3) is 0.467. The second-order valence-electron chi connectivity index (χ2n) is 4.66. The summed E-state index contributed by atoms with van der Waals surface area (Å²) < 4.78 is 4.97. The molecule has 4 nitrogen and oxygen atoms in total. The van der Waals surface area contributed by atoms with E-state index in [9.17, 15) is 4.79 Å². The Labute approximate surface area is 125 Å². The fourth-order valence-corrected chi connectivity index (χ4v) is 1.94. The summed E-state index contributed by atoms with van der Waals surface area (Å²) in [6, 6.07) is 5.70. The zero-order valence-corrected chi connectivity index (χ0v) is 13.3. The number of esters is 1. The number of hydrogen-bond donors (Lipinski definition) is 2. The normalized spacial score (nSPS) is 11.6. The fourth-order valence-electron chi connectivity index (χ4n) is 1.63. The number of carbonyl (C=O) groups excluding carboxylic acids is 1. The van der Waals surface area contributed by atoms with Crippen molar-refractivity contribution < 1.29 is 9.53 Å². The molecule has 0 amide bonds. The number of aryl methyl sites for hydroxylation is 1. The maximum absolute atomic E-state index is 11.6.